The molecule has 1 aliphatic rings. The molecule has 0 amide bonds. The summed E-state index contributed by atoms with van der Waals surface area (Å²) in [6, 6.07) is 3.61. The van der Waals surface area contributed by atoms with Gasteiger partial charge in [-0.15, -0.1) is 0 Å². The van der Waals surface area contributed by atoms with Crippen molar-refractivity contribution < 1.29 is 12.8 Å². The molecule has 0 aliphatic heterocycles. The lowest BCUT2D eigenvalue weighted by Gasteiger charge is -2.11. The maximum absolute atomic E-state index is 13.1. The fourth-order valence-electron chi connectivity index (χ4n) is 1.61. The van der Waals surface area contributed by atoms with E-state index in [1.165, 1.54) is 6.07 Å². The van der Waals surface area contributed by atoms with Crippen molar-refractivity contribution in [3.05, 3.63) is 29.6 Å². The molecular formula is C11H13FN2O2S2. The number of thiocarbonyl (C=S) groups is 1. The molecule has 98 valence electrons. The first-order chi connectivity index (χ1) is 8.37. The molecule has 7 heteroatoms. The molecule has 0 atom stereocenters. The molecule has 18 heavy (non-hydrogen) atoms. The minimum absolute atomic E-state index is 0.0429. The van der Waals surface area contributed by atoms with Crippen molar-refractivity contribution in [2.45, 2.75) is 12.8 Å². The third-order valence-corrected chi connectivity index (χ3v) is 4.33. The van der Waals surface area contributed by atoms with E-state index in [-0.39, 0.29) is 27.9 Å². The maximum Gasteiger partial charge on any atom is 0.233 e. The average Bonchev–Trinajstić information content (AvgIpc) is 3.03. The second-order valence-corrected chi connectivity index (χ2v) is 6.59. The highest BCUT2D eigenvalue weighted by Gasteiger charge is 2.28. The van der Waals surface area contributed by atoms with Gasteiger partial charge in [0, 0.05) is 5.56 Å². The van der Waals surface area contributed by atoms with Crippen LogP contribution in [0.4, 0.5) is 10.1 Å². The van der Waals surface area contributed by atoms with Gasteiger partial charge in [-0.2, -0.15) is 0 Å². The van der Waals surface area contributed by atoms with Gasteiger partial charge in [0.1, 0.15) is 10.8 Å². The Morgan fingerprint density at radius 3 is 2.72 bits per heavy atom. The van der Waals surface area contributed by atoms with E-state index in [9.17, 15) is 12.8 Å². The summed E-state index contributed by atoms with van der Waals surface area (Å²) >= 11 is 4.77. The van der Waals surface area contributed by atoms with Gasteiger partial charge in [-0.3, -0.25) is 4.72 Å². The summed E-state index contributed by atoms with van der Waals surface area (Å²) in [5.74, 6) is -0.194. The number of hydrogen-bond donors (Lipinski definition) is 2. The van der Waals surface area contributed by atoms with Crippen molar-refractivity contribution in [2.75, 3.05) is 10.5 Å². The van der Waals surface area contributed by atoms with E-state index in [4.69, 9.17) is 18.0 Å². The molecule has 0 spiro atoms. The smallest absolute Gasteiger partial charge is 0.233 e. The highest BCUT2D eigenvalue weighted by molar-refractivity contribution is 7.92. The largest absolute Gasteiger partial charge is 0.389 e. The minimum Gasteiger partial charge on any atom is -0.389 e. The molecule has 1 aromatic rings. The fourth-order valence-corrected chi connectivity index (χ4v) is 3.33. The molecule has 0 bridgehead atoms. The minimum atomic E-state index is -3.43. The van der Waals surface area contributed by atoms with Crippen LogP contribution in [-0.4, -0.2) is 19.2 Å². The highest BCUT2D eigenvalue weighted by atomic mass is 32.2. The maximum atomic E-state index is 13.1. The van der Waals surface area contributed by atoms with Gasteiger partial charge >= 0.3 is 0 Å². The zero-order valence-electron chi connectivity index (χ0n) is 9.52. The Hall–Kier alpha value is -1.21. The topological polar surface area (TPSA) is 72.2 Å². The van der Waals surface area contributed by atoms with Crippen LogP contribution in [0.1, 0.15) is 18.4 Å². The molecule has 1 saturated carbocycles. The number of hydrogen-bond acceptors (Lipinski definition) is 3. The Balaban J connectivity index is 2.25. The summed E-state index contributed by atoms with van der Waals surface area (Å²) in [5, 5.41) is 0. The van der Waals surface area contributed by atoms with Crippen LogP contribution in [0.3, 0.4) is 0 Å². The second-order valence-electron chi connectivity index (χ2n) is 4.38. The van der Waals surface area contributed by atoms with E-state index in [1.54, 1.807) is 0 Å². The molecule has 0 radical (unpaired) electrons. The molecule has 0 unspecified atom stereocenters. The van der Waals surface area contributed by atoms with Crippen LogP contribution in [0.25, 0.3) is 0 Å². The van der Waals surface area contributed by atoms with Crippen LogP contribution < -0.4 is 10.5 Å². The summed E-state index contributed by atoms with van der Waals surface area (Å²) in [6.07, 6.45) is 1.87. The van der Waals surface area contributed by atoms with Crippen molar-refractivity contribution in [1.82, 2.24) is 0 Å². The summed E-state index contributed by atoms with van der Waals surface area (Å²) in [5.41, 5.74) is 5.87. The van der Waals surface area contributed by atoms with E-state index in [1.807, 2.05) is 0 Å². The standard InChI is InChI=1S/C11H13FN2O2S2/c12-8-3-4-10(9(5-8)11(13)17)14-18(15,16)6-7-1-2-7/h3-5,7,14H,1-2,6H2,(H2,13,17). The van der Waals surface area contributed by atoms with E-state index in [2.05, 4.69) is 4.72 Å². The Kier molecular flexibility index (Phi) is 3.54. The summed E-state index contributed by atoms with van der Waals surface area (Å²) in [7, 11) is -3.43. The Morgan fingerprint density at radius 1 is 1.50 bits per heavy atom. The van der Waals surface area contributed by atoms with Crippen LogP contribution >= 0.6 is 12.2 Å². The number of rotatable bonds is 5. The van der Waals surface area contributed by atoms with Gasteiger partial charge in [0.05, 0.1) is 11.4 Å². The number of anilines is 1. The van der Waals surface area contributed by atoms with Crippen LogP contribution in [0.15, 0.2) is 18.2 Å². The van der Waals surface area contributed by atoms with E-state index in [0.717, 1.165) is 25.0 Å². The van der Waals surface area contributed by atoms with Crippen molar-refractivity contribution in [1.29, 1.82) is 0 Å². The number of nitrogens with two attached hydrogens (primary N) is 1. The highest BCUT2D eigenvalue weighted by Crippen LogP contribution is 2.31. The molecule has 1 aliphatic carbocycles. The van der Waals surface area contributed by atoms with Gasteiger partial charge in [0.15, 0.2) is 0 Å². The lowest BCUT2D eigenvalue weighted by Crippen LogP contribution is -2.21. The summed E-state index contributed by atoms with van der Waals surface area (Å²) < 4.78 is 39.1. The number of benzene rings is 1. The van der Waals surface area contributed by atoms with Crippen LogP contribution in [0.5, 0.6) is 0 Å². The van der Waals surface area contributed by atoms with Crippen LogP contribution in [0, 0.1) is 11.7 Å². The first-order valence-corrected chi connectivity index (χ1v) is 7.53. The monoisotopic (exact) mass is 288 g/mol. The van der Waals surface area contributed by atoms with E-state index < -0.39 is 15.8 Å². The SMILES string of the molecule is NC(=S)c1cc(F)ccc1NS(=O)(=O)CC1CC1. The molecule has 3 N–H and O–H groups in total. The molecule has 0 heterocycles. The van der Waals surface area contributed by atoms with Gasteiger partial charge in [0.2, 0.25) is 10.0 Å². The zero-order chi connectivity index (χ0) is 13.3. The van der Waals surface area contributed by atoms with Crippen molar-refractivity contribution in [3.8, 4) is 0 Å². The van der Waals surface area contributed by atoms with Crippen molar-refractivity contribution in [3.63, 3.8) is 0 Å². The number of sulfonamides is 1. The molecule has 0 aromatic heterocycles. The predicted molar refractivity (Wildman–Crippen MR) is 72.4 cm³/mol. The third-order valence-electron chi connectivity index (χ3n) is 2.66. The zero-order valence-corrected chi connectivity index (χ0v) is 11.2. The summed E-state index contributed by atoms with van der Waals surface area (Å²) in [4.78, 5) is -0.0429. The molecule has 0 saturated heterocycles. The lowest BCUT2D eigenvalue weighted by atomic mass is 10.2. The fraction of sp³-hybridized carbons (Fsp3) is 0.364. The first-order valence-electron chi connectivity index (χ1n) is 5.47. The molecule has 4 nitrogen and oxygen atoms in total. The van der Waals surface area contributed by atoms with Crippen LogP contribution in [0.2, 0.25) is 0 Å². The quantitative estimate of drug-likeness (QED) is 0.807. The molecule has 2 rings (SSSR count). The Labute approximate surface area is 110 Å². The molecule has 1 aromatic carbocycles. The van der Waals surface area contributed by atoms with Crippen LogP contribution in [-0.2, 0) is 10.0 Å². The third kappa shape index (κ3) is 3.39. The molecule has 1 fully saturated rings. The molecular weight excluding hydrogens is 275 g/mol. The number of halogens is 1. The predicted octanol–water partition coefficient (Wildman–Crippen LogP) is 1.61. The normalized spacial score (nSPS) is 15.4. The Bertz CT molecular complexity index is 583. The van der Waals surface area contributed by atoms with Crippen molar-refractivity contribution in [2.24, 2.45) is 11.7 Å². The van der Waals surface area contributed by atoms with Crippen molar-refractivity contribution >= 4 is 32.9 Å². The van der Waals surface area contributed by atoms with Gasteiger partial charge < -0.3 is 5.73 Å². The van der Waals surface area contributed by atoms with E-state index >= 15 is 0 Å². The number of nitrogens with one attached hydrogen (secondary N) is 1. The van der Waals surface area contributed by atoms with Gasteiger partial charge in [-0.05, 0) is 37.0 Å². The Morgan fingerprint density at radius 2 is 2.17 bits per heavy atom. The average molecular weight is 288 g/mol. The van der Waals surface area contributed by atoms with Gasteiger partial charge in [-0.1, -0.05) is 12.2 Å². The van der Waals surface area contributed by atoms with Gasteiger partial charge in [0.25, 0.3) is 0 Å². The first kappa shape index (κ1) is 13.2. The second kappa shape index (κ2) is 4.81. The van der Waals surface area contributed by atoms with E-state index in [0.29, 0.717) is 0 Å². The van der Waals surface area contributed by atoms with Gasteiger partial charge in [-0.25, -0.2) is 12.8 Å². The summed E-state index contributed by atoms with van der Waals surface area (Å²) in [6.45, 7) is 0. The lowest BCUT2D eigenvalue weighted by molar-refractivity contribution is 0.597.